The molecule has 4 aliphatic carbocycles. The summed E-state index contributed by atoms with van der Waals surface area (Å²) >= 11 is 0. The SMILES string of the molecule is CC1(C)c2ccccc2-c2cc3c(cc21)N([NH+]1C(C2=CC=CCC2)NC1C1C=CC=CC1)C1C=C(c2ccccc2)C=CC31. The topological polar surface area (TPSA) is 19.7 Å². The molecule has 3 aromatic carbocycles. The molecule has 9 rings (SSSR count). The number of nitrogens with zero attached hydrogens (tertiary/aromatic N) is 1. The zero-order chi connectivity index (χ0) is 29.4. The smallest absolute Gasteiger partial charge is 0.192 e. The van der Waals surface area contributed by atoms with Gasteiger partial charge in [-0.05, 0) is 76.4 Å². The molecule has 0 aromatic heterocycles. The number of rotatable bonds is 4. The van der Waals surface area contributed by atoms with Crippen LogP contribution in [0.4, 0.5) is 5.69 Å². The molecule has 2 aliphatic heterocycles. The van der Waals surface area contributed by atoms with Crippen LogP contribution in [-0.4, -0.2) is 18.4 Å². The number of nitrogens with one attached hydrogen (secondary N) is 2. The van der Waals surface area contributed by atoms with Gasteiger partial charge in [-0.1, -0.05) is 123 Å². The predicted molar refractivity (Wildman–Crippen MR) is 181 cm³/mol. The molecule has 0 saturated carbocycles. The first-order chi connectivity index (χ1) is 21.6. The first-order valence-corrected chi connectivity index (χ1v) is 16.4. The minimum atomic E-state index is -0.0316. The first kappa shape index (κ1) is 26.2. The van der Waals surface area contributed by atoms with Crippen LogP contribution >= 0.6 is 0 Å². The van der Waals surface area contributed by atoms with E-state index in [4.69, 9.17) is 0 Å². The third-order valence-corrected chi connectivity index (χ3v) is 11.1. The van der Waals surface area contributed by atoms with Gasteiger partial charge in [-0.25, -0.2) is 10.3 Å². The zero-order valence-corrected chi connectivity index (χ0v) is 25.6. The van der Waals surface area contributed by atoms with E-state index in [1.165, 1.54) is 50.2 Å². The molecule has 3 aromatic rings. The van der Waals surface area contributed by atoms with Gasteiger partial charge in [-0.2, -0.15) is 5.01 Å². The molecule has 3 nitrogen and oxygen atoms in total. The minimum Gasteiger partial charge on any atom is -0.215 e. The Morgan fingerprint density at radius 1 is 0.864 bits per heavy atom. The third kappa shape index (κ3) is 3.82. The molecule has 2 N–H and O–H groups in total. The largest absolute Gasteiger partial charge is 0.215 e. The van der Waals surface area contributed by atoms with Crippen LogP contribution in [0.5, 0.6) is 0 Å². The minimum absolute atomic E-state index is 0.0316. The molecule has 44 heavy (non-hydrogen) atoms. The van der Waals surface area contributed by atoms with E-state index >= 15 is 0 Å². The van der Waals surface area contributed by atoms with Crippen molar-refractivity contribution in [3.63, 3.8) is 0 Å². The maximum absolute atomic E-state index is 4.09. The maximum atomic E-state index is 4.09. The van der Waals surface area contributed by atoms with Crippen LogP contribution in [-0.2, 0) is 5.41 Å². The van der Waals surface area contributed by atoms with E-state index in [2.05, 4.69) is 152 Å². The van der Waals surface area contributed by atoms with Crippen LogP contribution in [0.1, 0.15) is 61.3 Å². The lowest BCUT2D eigenvalue weighted by Crippen LogP contribution is -3.36. The van der Waals surface area contributed by atoms with Crippen molar-refractivity contribution in [2.45, 2.75) is 62.8 Å². The van der Waals surface area contributed by atoms with Gasteiger partial charge in [0.1, 0.15) is 6.04 Å². The van der Waals surface area contributed by atoms with Gasteiger partial charge in [0.15, 0.2) is 12.3 Å². The first-order valence-electron chi connectivity index (χ1n) is 16.4. The number of hydrogen-bond donors (Lipinski definition) is 2. The highest BCUT2D eigenvalue weighted by atomic mass is 15.8. The molecule has 218 valence electrons. The van der Waals surface area contributed by atoms with Gasteiger partial charge in [0.05, 0.1) is 5.69 Å². The van der Waals surface area contributed by atoms with Crippen molar-refractivity contribution in [2.75, 3.05) is 5.01 Å². The molecule has 3 heteroatoms. The zero-order valence-electron chi connectivity index (χ0n) is 25.6. The highest BCUT2D eigenvalue weighted by Gasteiger charge is 2.56. The van der Waals surface area contributed by atoms with Gasteiger partial charge >= 0.3 is 0 Å². The van der Waals surface area contributed by atoms with E-state index in [1.54, 1.807) is 5.01 Å². The van der Waals surface area contributed by atoms with Crippen LogP contribution < -0.4 is 15.3 Å². The van der Waals surface area contributed by atoms with Gasteiger partial charge < -0.3 is 0 Å². The summed E-state index contributed by atoms with van der Waals surface area (Å²) in [5.74, 6) is 0.773. The van der Waals surface area contributed by atoms with E-state index in [0.717, 1.165) is 19.3 Å². The maximum Gasteiger partial charge on any atom is 0.192 e. The van der Waals surface area contributed by atoms with Gasteiger partial charge in [0, 0.05) is 22.8 Å². The van der Waals surface area contributed by atoms with Crippen molar-refractivity contribution >= 4 is 11.3 Å². The second-order valence-electron chi connectivity index (χ2n) is 13.8. The van der Waals surface area contributed by atoms with Gasteiger partial charge in [0.2, 0.25) is 0 Å². The number of benzene rings is 3. The Morgan fingerprint density at radius 3 is 2.55 bits per heavy atom. The molecule has 6 atom stereocenters. The van der Waals surface area contributed by atoms with Crippen LogP contribution in [0.25, 0.3) is 16.7 Å². The van der Waals surface area contributed by atoms with Crippen LogP contribution in [0.2, 0.25) is 0 Å². The summed E-state index contributed by atoms with van der Waals surface area (Å²) in [5.41, 5.74) is 12.7. The van der Waals surface area contributed by atoms with Crippen LogP contribution in [0.3, 0.4) is 0 Å². The second-order valence-corrected chi connectivity index (χ2v) is 13.8. The molecule has 6 aliphatic rings. The molecule has 6 unspecified atom stereocenters. The summed E-state index contributed by atoms with van der Waals surface area (Å²) in [4.78, 5) is 0. The van der Waals surface area contributed by atoms with Crippen molar-refractivity contribution in [2.24, 2.45) is 5.92 Å². The summed E-state index contributed by atoms with van der Waals surface area (Å²) < 4.78 is 0. The van der Waals surface area contributed by atoms with E-state index in [0.29, 0.717) is 18.0 Å². The van der Waals surface area contributed by atoms with Crippen molar-refractivity contribution in [3.8, 4) is 11.1 Å². The van der Waals surface area contributed by atoms with Crippen LogP contribution in [0, 0.1) is 5.92 Å². The quantitative estimate of drug-likeness (QED) is 0.339. The van der Waals surface area contributed by atoms with Crippen LogP contribution in [0.15, 0.2) is 133 Å². The Morgan fingerprint density at radius 2 is 1.73 bits per heavy atom. The fourth-order valence-corrected chi connectivity index (χ4v) is 8.78. The lowest BCUT2D eigenvalue weighted by molar-refractivity contribution is -1.01. The molecular formula is C41H40N3+. The summed E-state index contributed by atoms with van der Waals surface area (Å²) in [6, 6.07) is 25.4. The lowest BCUT2D eigenvalue weighted by atomic mass is 9.81. The Bertz CT molecular complexity index is 1830. The van der Waals surface area contributed by atoms with Crippen molar-refractivity contribution < 1.29 is 5.01 Å². The van der Waals surface area contributed by atoms with Crippen molar-refractivity contribution in [1.29, 1.82) is 0 Å². The number of hydrogen-bond acceptors (Lipinski definition) is 2. The molecule has 0 amide bonds. The third-order valence-electron chi connectivity index (χ3n) is 11.1. The summed E-state index contributed by atoms with van der Waals surface area (Å²) in [6.07, 6.45) is 27.5. The predicted octanol–water partition coefficient (Wildman–Crippen LogP) is 7.38. The Kier molecular flexibility index (Phi) is 5.92. The number of anilines is 1. The summed E-state index contributed by atoms with van der Waals surface area (Å²) in [6.45, 7) is 4.82. The Labute approximate surface area is 261 Å². The molecular weight excluding hydrogens is 534 g/mol. The van der Waals surface area contributed by atoms with Crippen molar-refractivity contribution in [3.05, 3.63) is 155 Å². The van der Waals surface area contributed by atoms with Gasteiger partial charge in [-0.3, -0.25) is 0 Å². The molecule has 0 bridgehead atoms. The summed E-state index contributed by atoms with van der Waals surface area (Å²) in [7, 11) is 0. The average molecular weight is 575 g/mol. The molecule has 2 heterocycles. The molecule has 0 radical (unpaired) electrons. The highest BCUT2D eigenvalue weighted by Crippen LogP contribution is 2.54. The normalized spacial score (nSPS) is 30.2. The average Bonchev–Trinajstić information content (AvgIpc) is 3.49. The van der Waals surface area contributed by atoms with Gasteiger partial charge in [-0.15, -0.1) is 0 Å². The number of fused-ring (bicyclic) bond motifs is 6. The van der Waals surface area contributed by atoms with E-state index in [-0.39, 0.29) is 17.6 Å². The fourth-order valence-electron chi connectivity index (χ4n) is 8.78. The molecule has 1 fully saturated rings. The monoisotopic (exact) mass is 574 g/mol. The Hall–Kier alpha value is -4.18. The Balaban J connectivity index is 1.23. The standard InChI is InChI=1S/C41H39N3/c1-41(2)35-21-13-12-20-31(35)33-25-34-32-23-22-30(27-14-6-3-7-15-27)24-37(32)43(38(34)26-36(33)41)44-39(28-16-8-4-9-17-28)42-40(44)29-18-10-5-11-19-29/h3-10,12-16,18,20-26,28,32,37,39-40,42H,11,17,19H2,1-2H3/p+1. The van der Waals surface area contributed by atoms with E-state index < -0.39 is 0 Å². The number of quaternary nitrogens is 1. The fraction of sp³-hybridized carbons (Fsp3) is 0.268. The van der Waals surface area contributed by atoms with E-state index in [1.807, 2.05) is 0 Å². The van der Waals surface area contributed by atoms with Gasteiger partial charge in [0.25, 0.3) is 0 Å². The highest BCUT2D eigenvalue weighted by molar-refractivity contribution is 5.86. The lowest BCUT2D eigenvalue weighted by Gasteiger charge is -2.54. The van der Waals surface area contributed by atoms with E-state index in [9.17, 15) is 0 Å². The number of allylic oxidation sites excluding steroid dienone is 8. The molecule has 1 saturated heterocycles. The summed E-state index contributed by atoms with van der Waals surface area (Å²) in [5, 5.41) is 8.44. The second kappa shape index (κ2) is 9.92. The molecule has 0 spiro atoms. The van der Waals surface area contributed by atoms with Crippen molar-refractivity contribution in [1.82, 2.24) is 5.32 Å².